The van der Waals surface area contributed by atoms with Crippen LogP contribution in [0, 0.1) is 18.3 Å². The van der Waals surface area contributed by atoms with Crippen LogP contribution in [0.25, 0.3) is 0 Å². The van der Waals surface area contributed by atoms with Crippen LogP contribution in [0.3, 0.4) is 0 Å². The molecule has 0 fully saturated rings. The summed E-state index contributed by atoms with van der Waals surface area (Å²) < 4.78 is 6.92. The second-order valence-electron chi connectivity index (χ2n) is 4.25. The molecule has 0 saturated heterocycles. The summed E-state index contributed by atoms with van der Waals surface area (Å²) in [6.45, 7) is 1.94. The highest BCUT2D eigenvalue weighted by Gasteiger charge is 2.16. The van der Waals surface area contributed by atoms with Gasteiger partial charge in [-0.15, -0.1) is 0 Å². The van der Waals surface area contributed by atoms with E-state index in [4.69, 9.17) is 4.74 Å². The fourth-order valence-corrected chi connectivity index (χ4v) is 1.86. The molecule has 0 aliphatic rings. The average Bonchev–Trinajstić information content (AvgIpc) is 2.77. The Labute approximate surface area is 112 Å². The van der Waals surface area contributed by atoms with Crippen LogP contribution in [0.4, 0.5) is 5.69 Å². The first-order valence-electron chi connectivity index (χ1n) is 5.94. The zero-order chi connectivity index (χ0) is 13.8. The van der Waals surface area contributed by atoms with Gasteiger partial charge in [-0.3, -0.25) is 4.68 Å². The summed E-state index contributed by atoms with van der Waals surface area (Å²) in [6.07, 6.45) is 1.72. The molecule has 0 amide bonds. The van der Waals surface area contributed by atoms with Crippen molar-refractivity contribution in [1.29, 1.82) is 5.26 Å². The second kappa shape index (κ2) is 5.44. The molecule has 0 aliphatic heterocycles. The third-order valence-corrected chi connectivity index (χ3v) is 3.09. The Balaban J connectivity index is 2.24. The van der Waals surface area contributed by atoms with Crippen LogP contribution in [0.1, 0.15) is 17.3 Å². The minimum atomic E-state index is -0.430. The van der Waals surface area contributed by atoms with E-state index in [1.54, 1.807) is 18.0 Å². The molecule has 2 aromatic rings. The quantitative estimate of drug-likeness (QED) is 0.912. The average molecular weight is 256 g/mol. The van der Waals surface area contributed by atoms with Crippen molar-refractivity contribution in [3.05, 3.63) is 41.7 Å². The van der Waals surface area contributed by atoms with Crippen molar-refractivity contribution < 1.29 is 4.74 Å². The number of hydrogen-bond donors (Lipinski definition) is 1. The lowest BCUT2D eigenvalue weighted by Gasteiger charge is -2.13. The van der Waals surface area contributed by atoms with Crippen molar-refractivity contribution in [3.8, 4) is 11.8 Å². The van der Waals surface area contributed by atoms with Gasteiger partial charge in [-0.25, -0.2) is 0 Å². The first-order valence-corrected chi connectivity index (χ1v) is 5.94. The molecule has 0 bridgehead atoms. The molecule has 5 heteroatoms. The summed E-state index contributed by atoms with van der Waals surface area (Å²) in [5, 5.41) is 16.7. The van der Waals surface area contributed by atoms with Crippen molar-refractivity contribution in [3.63, 3.8) is 0 Å². The van der Waals surface area contributed by atoms with E-state index in [1.165, 1.54) is 0 Å². The number of benzene rings is 1. The smallest absolute Gasteiger partial charge is 0.143 e. The maximum absolute atomic E-state index is 9.32. The van der Waals surface area contributed by atoms with Crippen LogP contribution in [-0.4, -0.2) is 16.9 Å². The molecule has 0 radical (unpaired) electrons. The number of rotatable bonds is 4. The Kier molecular flexibility index (Phi) is 3.71. The van der Waals surface area contributed by atoms with Gasteiger partial charge in [0.2, 0.25) is 0 Å². The van der Waals surface area contributed by atoms with E-state index in [9.17, 15) is 5.26 Å². The normalized spacial score (nSPS) is 11.7. The Bertz CT molecular complexity index is 612. The maximum atomic E-state index is 9.32. The lowest BCUT2D eigenvalue weighted by molar-refractivity contribution is 0.415. The summed E-state index contributed by atoms with van der Waals surface area (Å²) in [5.41, 5.74) is 2.70. The number of aromatic nitrogens is 2. The summed E-state index contributed by atoms with van der Waals surface area (Å²) >= 11 is 0. The van der Waals surface area contributed by atoms with Gasteiger partial charge in [0.05, 0.1) is 19.4 Å². The minimum absolute atomic E-state index is 0.430. The summed E-state index contributed by atoms with van der Waals surface area (Å²) in [7, 11) is 3.48. The highest BCUT2D eigenvalue weighted by Crippen LogP contribution is 2.24. The molecule has 0 spiro atoms. The third kappa shape index (κ3) is 2.68. The van der Waals surface area contributed by atoms with Gasteiger partial charge in [-0.1, -0.05) is 6.07 Å². The molecule has 1 aromatic heterocycles. The van der Waals surface area contributed by atoms with Gasteiger partial charge in [0.15, 0.2) is 0 Å². The number of nitriles is 1. The molecule has 1 N–H and O–H groups in total. The van der Waals surface area contributed by atoms with Crippen LogP contribution in [0.2, 0.25) is 0 Å². The van der Waals surface area contributed by atoms with Crippen LogP contribution in [-0.2, 0) is 7.05 Å². The van der Waals surface area contributed by atoms with Crippen molar-refractivity contribution in [2.45, 2.75) is 13.0 Å². The fourth-order valence-electron chi connectivity index (χ4n) is 1.86. The van der Waals surface area contributed by atoms with Crippen LogP contribution >= 0.6 is 0 Å². The number of anilines is 1. The van der Waals surface area contributed by atoms with Gasteiger partial charge >= 0.3 is 0 Å². The third-order valence-electron chi connectivity index (χ3n) is 3.09. The Morgan fingerprint density at radius 1 is 1.47 bits per heavy atom. The molecular weight excluding hydrogens is 240 g/mol. The zero-order valence-corrected chi connectivity index (χ0v) is 11.2. The predicted octanol–water partition coefficient (Wildman–Crippen LogP) is 2.41. The molecule has 1 unspecified atom stereocenters. The van der Waals surface area contributed by atoms with Crippen molar-refractivity contribution in [2.75, 3.05) is 12.4 Å². The number of aryl methyl sites for hydroxylation is 1. The fraction of sp³-hybridized carbons (Fsp3) is 0.286. The number of hydrogen-bond acceptors (Lipinski definition) is 4. The van der Waals surface area contributed by atoms with Crippen molar-refractivity contribution in [2.24, 2.45) is 7.05 Å². The first-order chi connectivity index (χ1) is 9.15. The van der Waals surface area contributed by atoms with Crippen LogP contribution < -0.4 is 10.1 Å². The van der Waals surface area contributed by atoms with Gasteiger partial charge in [0.1, 0.15) is 11.8 Å². The number of nitrogens with zero attached hydrogens (tertiary/aromatic N) is 3. The molecule has 19 heavy (non-hydrogen) atoms. The van der Waals surface area contributed by atoms with E-state index in [2.05, 4.69) is 16.5 Å². The van der Waals surface area contributed by atoms with E-state index >= 15 is 0 Å². The summed E-state index contributed by atoms with van der Waals surface area (Å²) in [6, 6.07) is 9.33. The Morgan fingerprint density at radius 2 is 2.26 bits per heavy atom. The molecule has 2 rings (SSSR count). The zero-order valence-electron chi connectivity index (χ0n) is 11.2. The number of methoxy groups -OCH3 is 1. The van der Waals surface area contributed by atoms with Gasteiger partial charge in [-0.2, -0.15) is 10.4 Å². The highest BCUT2D eigenvalue weighted by atomic mass is 16.5. The van der Waals surface area contributed by atoms with Crippen LogP contribution in [0.5, 0.6) is 5.75 Å². The van der Waals surface area contributed by atoms with E-state index < -0.39 is 6.04 Å². The second-order valence-corrected chi connectivity index (χ2v) is 4.25. The first kappa shape index (κ1) is 13.0. The largest absolute Gasteiger partial charge is 0.497 e. The van der Waals surface area contributed by atoms with Gasteiger partial charge in [-0.05, 0) is 19.1 Å². The predicted molar refractivity (Wildman–Crippen MR) is 72.9 cm³/mol. The van der Waals surface area contributed by atoms with E-state index in [0.717, 1.165) is 22.7 Å². The summed E-state index contributed by atoms with van der Waals surface area (Å²) in [4.78, 5) is 0. The monoisotopic (exact) mass is 256 g/mol. The number of ether oxygens (including phenoxy) is 1. The lowest BCUT2D eigenvalue weighted by Crippen LogP contribution is -2.09. The van der Waals surface area contributed by atoms with E-state index in [0.29, 0.717) is 0 Å². The molecule has 1 atom stereocenters. The number of nitrogens with one attached hydrogen (secondary N) is 1. The molecule has 98 valence electrons. The Hall–Kier alpha value is -2.48. The molecule has 0 aliphatic carbocycles. The Morgan fingerprint density at radius 3 is 2.84 bits per heavy atom. The summed E-state index contributed by atoms with van der Waals surface area (Å²) in [5.74, 6) is 0.754. The SMILES string of the molecule is COc1cccc(NC(C#N)c2cnn(C)c2C)c1. The van der Waals surface area contributed by atoms with Gasteiger partial charge < -0.3 is 10.1 Å². The van der Waals surface area contributed by atoms with Gasteiger partial charge in [0, 0.05) is 30.1 Å². The lowest BCUT2D eigenvalue weighted by atomic mass is 10.1. The molecule has 1 aromatic carbocycles. The van der Waals surface area contributed by atoms with E-state index in [-0.39, 0.29) is 0 Å². The maximum Gasteiger partial charge on any atom is 0.143 e. The topological polar surface area (TPSA) is 62.9 Å². The van der Waals surface area contributed by atoms with Gasteiger partial charge in [0.25, 0.3) is 0 Å². The molecule has 1 heterocycles. The minimum Gasteiger partial charge on any atom is -0.497 e. The molecule has 5 nitrogen and oxygen atoms in total. The highest BCUT2D eigenvalue weighted by molar-refractivity contribution is 5.51. The van der Waals surface area contributed by atoms with Crippen molar-refractivity contribution in [1.82, 2.24) is 9.78 Å². The van der Waals surface area contributed by atoms with E-state index in [1.807, 2.05) is 38.2 Å². The van der Waals surface area contributed by atoms with Crippen molar-refractivity contribution >= 4 is 5.69 Å². The molecular formula is C14H16N4O. The molecule has 0 saturated carbocycles. The van der Waals surface area contributed by atoms with Crippen LogP contribution in [0.15, 0.2) is 30.5 Å². The standard InChI is InChI=1S/C14H16N4O/c1-10-13(9-16-18(10)2)14(8-15)17-11-5-4-6-12(7-11)19-3/h4-7,9,14,17H,1-3H3.